The van der Waals surface area contributed by atoms with Crippen molar-refractivity contribution in [3.05, 3.63) is 89.0 Å². The Bertz CT molecular complexity index is 1070. The van der Waals surface area contributed by atoms with E-state index in [4.69, 9.17) is 4.74 Å². The van der Waals surface area contributed by atoms with Crippen molar-refractivity contribution in [3.63, 3.8) is 0 Å². The number of hydrogen-bond acceptors (Lipinski definition) is 3. The van der Waals surface area contributed by atoms with Crippen LogP contribution in [0.2, 0.25) is 0 Å². The maximum Gasteiger partial charge on any atom is 0.262 e. The standard InChI is InChI=1S/C29H34N2O3/c1-4-7-9-21-12-16-25(17-13-21)30-27(32)20-34-26-18-14-24(15-19-26)29(33)31-28-22(5-2)10-8-11-23(28)6-3/h8,10-19H,4-7,9,20H2,1-3H3,(H,30,32)(H,31,33). The lowest BCUT2D eigenvalue weighted by Gasteiger charge is -2.14. The molecule has 0 bridgehead atoms. The Labute approximate surface area is 202 Å². The second-order valence-corrected chi connectivity index (χ2v) is 8.27. The normalized spacial score (nSPS) is 10.6. The molecule has 0 aliphatic heterocycles. The molecule has 5 nitrogen and oxygen atoms in total. The number of anilines is 2. The highest BCUT2D eigenvalue weighted by Crippen LogP contribution is 2.24. The maximum absolute atomic E-state index is 12.8. The molecule has 5 heteroatoms. The van der Waals surface area contributed by atoms with Crippen molar-refractivity contribution >= 4 is 23.2 Å². The van der Waals surface area contributed by atoms with Gasteiger partial charge in [0.1, 0.15) is 5.75 Å². The molecular weight excluding hydrogens is 424 g/mol. The van der Waals surface area contributed by atoms with Crippen molar-refractivity contribution in [1.29, 1.82) is 0 Å². The molecule has 178 valence electrons. The molecule has 0 aliphatic rings. The Kier molecular flexibility index (Phi) is 9.27. The van der Waals surface area contributed by atoms with Gasteiger partial charge in [0.25, 0.3) is 11.8 Å². The van der Waals surface area contributed by atoms with Crippen LogP contribution in [0.25, 0.3) is 0 Å². The predicted molar refractivity (Wildman–Crippen MR) is 139 cm³/mol. The van der Waals surface area contributed by atoms with Gasteiger partial charge in [-0.25, -0.2) is 0 Å². The Balaban J connectivity index is 1.53. The van der Waals surface area contributed by atoms with E-state index in [0.29, 0.717) is 11.3 Å². The van der Waals surface area contributed by atoms with Crippen LogP contribution in [0.4, 0.5) is 11.4 Å². The molecule has 2 amide bonds. The third-order valence-corrected chi connectivity index (χ3v) is 5.78. The Morgan fingerprint density at radius 1 is 0.794 bits per heavy atom. The van der Waals surface area contributed by atoms with Crippen LogP contribution in [0.3, 0.4) is 0 Å². The van der Waals surface area contributed by atoms with Crippen LogP contribution in [0, 0.1) is 0 Å². The van der Waals surface area contributed by atoms with E-state index in [1.54, 1.807) is 24.3 Å². The summed E-state index contributed by atoms with van der Waals surface area (Å²) in [5, 5.41) is 5.91. The number of carbonyl (C=O) groups excluding carboxylic acids is 2. The van der Waals surface area contributed by atoms with Crippen LogP contribution in [0.1, 0.15) is 60.7 Å². The molecule has 3 aromatic carbocycles. The lowest BCUT2D eigenvalue weighted by atomic mass is 10.0. The van der Waals surface area contributed by atoms with E-state index in [2.05, 4.69) is 31.4 Å². The number of ether oxygens (including phenoxy) is 1. The number of amides is 2. The van der Waals surface area contributed by atoms with Gasteiger partial charge < -0.3 is 15.4 Å². The average Bonchev–Trinajstić information content (AvgIpc) is 2.87. The number of benzene rings is 3. The van der Waals surface area contributed by atoms with Crippen LogP contribution in [0.15, 0.2) is 66.7 Å². The smallest absolute Gasteiger partial charge is 0.262 e. The number of para-hydroxylation sites is 1. The molecule has 0 aromatic heterocycles. The van der Waals surface area contributed by atoms with E-state index in [1.165, 1.54) is 5.56 Å². The fraction of sp³-hybridized carbons (Fsp3) is 0.310. The molecule has 0 heterocycles. The van der Waals surface area contributed by atoms with Crippen LogP contribution in [0.5, 0.6) is 5.75 Å². The zero-order valence-electron chi connectivity index (χ0n) is 20.3. The van der Waals surface area contributed by atoms with Gasteiger partial charge in [-0.3, -0.25) is 9.59 Å². The topological polar surface area (TPSA) is 67.4 Å². The van der Waals surface area contributed by atoms with Gasteiger partial charge >= 0.3 is 0 Å². The summed E-state index contributed by atoms with van der Waals surface area (Å²) in [5.41, 5.74) is 5.69. The second kappa shape index (κ2) is 12.6. The maximum atomic E-state index is 12.8. The predicted octanol–water partition coefficient (Wildman–Crippen LogP) is 6.42. The van der Waals surface area contributed by atoms with Crippen molar-refractivity contribution in [1.82, 2.24) is 0 Å². The van der Waals surface area contributed by atoms with Gasteiger partial charge in [-0.15, -0.1) is 0 Å². The van der Waals surface area contributed by atoms with Crippen molar-refractivity contribution in [3.8, 4) is 5.75 Å². The van der Waals surface area contributed by atoms with E-state index < -0.39 is 0 Å². The summed E-state index contributed by atoms with van der Waals surface area (Å²) in [6, 6.07) is 20.8. The minimum atomic E-state index is -0.230. The number of unbranched alkanes of at least 4 members (excludes halogenated alkanes) is 1. The monoisotopic (exact) mass is 458 g/mol. The molecule has 34 heavy (non-hydrogen) atoms. The molecule has 0 radical (unpaired) electrons. The summed E-state index contributed by atoms with van der Waals surface area (Å²) in [5.74, 6) is 0.137. The molecule has 0 saturated heterocycles. The Morgan fingerprint density at radius 3 is 2.03 bits per heavy atom. The van der Waals surface area contributed by atoms with Gasteiger partial charge in [0.05, 0.1) is 0 Å². The summed E-state index contributed by atoms with van der Waals surface area (Å²) < 4.78 is 5.60. The van der Waals surface area contributed by atoms with Crippen LogP contribution >= 0.6 is 0 Å². The first-order valence-corrected chi connectivity index (χ1v) is 12.1. The fourth-order valence-corrected chi connectivity index (χ4v) is 3.77. The summed E-state index contributed by atoms with van der Waals surface area (Å²) in [6.45, 7) is 6.23. The fourth-order valence-electron chi connectivity index (χ4n) is 3.77. The molecular formula is C29H34N2O3. The van der Waals surface area contributed by atoms with Gasteiger partial charge in [-0.05, 0) is 78.8 Å². The molecule has 0 saturated carbocycles. The van der Waals surface area contributed by atoms with Gasteiger partial charge in [0.15, 0.2) is 6.61 Å². The lowest BCUT2D eigenvalue weighted by molar-refractivity contribution is -0.118. The molecule has 0 fully saturated rings. The molecule has 3 rings (SSSR count). The van der Waals surface area contributed by atoms with Crippen LogP contribution in [-0.4, -0.2) is 18.4 Å². The van der Waals surface area contributed by atoms with E-state index in [9.17, 15) is 9.59 Å². The molecule has 3 aromatic rings. The number of carbonyl (C=O) groups is 2. The number of aryl methyl sites for hydroxylation is 3. The minimum Gasteiger partial charge on any atom is -0.484 e. The third-order valence-electron chi connectivity index (χ3n) is 5.78. The van der Waals surface area contributed by atoms with Gasteiger partial charge in [-0.1, -0.05) is 57.5 Å². The summed E-state index contributed by atoms with van der Waals surface area (Å²) in [4.78, 5) is 25.0. The van der Waals surface area contributed by atoms with Crippen LogP contribution in [-0.2, 0) is 24.1 Å². The van der Waals surface area contributed by atoms with Gasteiger partial charge in [0, 0.05) is 16.9 Å². The lowest BCUT2D eigenvalue weighted by Crippen LogP contribution is -2.20. The summed E-state index contributed by atoms with van der Waals surface area (Å²) in [6.07, 6.45) is 5.06. The zero-order valence-corrected chi connectivity index (χ0v) is 20.3. The molecule has 0 aliphatic carbocycles. The van der Waals surface area contributed by atoms with Gasteiger partial charge in [-0.2, -0.15) is 0 Å². The number of nitrogens with one attached hydrogen (secondary N) is 2. The quantitative estimate of drug-likeness (QED) is 0.348. The van der Waals surface area contributed by atoms with Crippen molar-refractivity contribution in [2.45, 2.75) is 52.9 Å². The highest BCUT2D eigenvalue weighted by molar-refractivity contribution is 6.05. The average molecular weight is 459 g/mol. The molecule has 2 N–H and O–H groups in total. The first kappa shape index (κ1) is 25.0. The first-order chi connectivity index (χ1) is 16.5. The van der Waals surface area contributed by atoms with E-state index in [1.807, 2.05) is 42.5 Å². The second-order valence-electron chi connectivity index (χ2n) is 8.27. The number of rotatable bonds is 11. The van der Waals surface area contributed by atoms with E-state index in [0.717, 1.165) is 54.6 Å². The largest absolute Gasteiger partial charge is 0.484 e. The minimum absolute atomic E-state index is 0.104. The van der Waals surface area contributed by atoms with Crippen LogP contribution < -0.4 is 15.4 Å². The molecule has 0 spiro atoms. The number of hydrogen-bond donors (Lipinski definition) is 2. The third kappa shape index (κ3) is 6.95. The summed E-state index contributed by atoms with van der Waals surface area (Å²) in [7, 11) is 0. The SMILES string of the molecule is CCCCc1ccc(NC(=O)COc2ccc(C(=O)Nc3c(CC)cccc3CC)cc2)cc1. The zero-order chi connectivity index (χ0) is 24.3. The molecule has 0 atom stereocenters. The van der Waals surface area contributed by atoms with E-state index >= 15 is 0 Å². The Hall–Kier alpha value is -3.60. The van der Waals surface area contributed by atoms with E-state index in [-0.39, 0.29) is 18.4 Å². The Morgan fingerprint density at radius 2 is 1.44 bits per heavy atom. The summed E-state index contributed by atoms with van der Waals surface area (Å²) >= 11 is 0. The first-order valence-electron chi connectivity index (χ1n) is 12.1. The highest BCUT2D eigenvalue weighted by Gasteiger charge is 2.12. The van der Waals surface area contributed by atoms with Gasteiger partial charge in [0.2, 0.25) is 0 Å². The van der Waals surface area contributed by atoms with Crippen molar-refractivity contribution in [2.75, 3.05) is 17.2 Å². The molecule has 0 unspecified atom stereocenters. The van der Waals surface area contributed by atoms with Crippen molar-refractivity contribution < 1.29 is 14.3 Å². The van der Waals surface area contributed by atoms with Crippen molar-refractivity contribution in [2.24, 2.45) is 0 Å². The highest BCUT2D eigenvalue weighted by atomic mass is 16.5.